The van der Waals surface area contributed by atoms with Crippen molar-refractivity contribution in [3.05, 3.63) is 388 Å². The number of hydrogen-bond donors (Lipinski definition) is 0. The van der Waals surface area contributed by atoms with Crippen LogP contribution in [0.1, 0.15) is 0 Å². The van der Waals surface area contributed by atoms with E-state index >= 15 is 0 Å². The number of aromatic nitrogens is 4. The lowest BCUT2D eigenvalue weighted by Gasteiger charge is -2.12. The van der Waals surface area contributed by atoms with Crippen LogP contribution in [0.2, 0.25) is 0 Å². The second-order valence-electron chi connectivity index (χ2n) is 29.0. The Balaban J connectivity index is 0.000000132. The predicted octanol–water partition coefficient (Wildman–Crippen LogP) is 29.5. The average Bonchev–Trinajstić information content (AvgIpc) is 1.56. The fourth-order valence-corrected chi connectivity index (χ4v) is 20.2. The third kappa shape index (κ3) is 9.76. The zero-order valence-electron chi connectivity index (χ0n) is 59.6. The second-order valence-corrected chi connectivity index (χ2v) is 31.2. The summed E-state index contributed by atoms with van der Waals surface area (Å²) in [6.45, 7) is 0. The summed E-state index contributed by atoms with van der Waals surface area (Å²) in [5.74, 6) is 0. The summed E-state index contributed by atoms with van der Waals surface area (Å²) < 4.78 is 15.1. The number of hydrogen-bond acceptors (Lipinski definition) is 2. The molecule has 0 aliphatic heterocycles. The van der Waals surface area contributed by atoms with E-state index in [9.17, 15) is 0 Å². The number of benzene rings is 18. The maximum atomic E-state index is 2.49. The number of rotatable bonds is 8. The minimum atomic E-state index is 1.16. The summed E-state index contributed by atoms with van der Waals surface area (Å²) in [6.07, 6.45) is 0. The van der Waals surface area contributed by atoms with E-state index in [-0.39, 0.29) is 0 Å². The van der Waals surface area contributed by atoms with Gasteiger partial charge in [-0.15, -0.1) is 22.7 Å². The van der Waals surface area contributed by atoms with Gasteiger partial charge < -0.3 is 18.3 Å². The summed E-state index contributed by atoms with van der Waals surface area (Å²) in [5.41, 5.74) is 24.2. The van der Waals surface area contributed by atoms with Crippen LogP contribution in [0.5, 0.6) is 0 Å². The van der Waals surface area contributed by atoms with Gasteiger partial charge in [0.25, 0.3) is 0 Å². The van der Waals surface area contributed by atoms with E-state index in [1.165, 1.54) is 205 Å². The first kappa shape index (κ1) is 62.3. The van der Waals surface area contributed by atoms with Crippen molar-refractivity contribution in [2.75, 3.05) is 0 Å². The predicted molar refractivity (Wildman–Crippen MR) is 473 cm³/mol. The first-order valence-electron chi connectivity index (χ1n) is 37.7. The Hall–Kier alpha value is -13.9. The van der Waals surface area contributed by atoms with Crippen molar-refractivity contribution in [2.45, 2.75) is 0 Å². The molecule has 0 atom stereocenters. The molecule has 0 spiro atoms. The Kier molecular flexibility index (Phi) is 14.1. The van der Waals surface area contributed by atoms with Gasteiger partial charge in [0, 0.05) is 106 Å². The highest BCUT2D eigenvalue weighted by atomic mass is 32.1. The molecule has 6 heteroatoms. The highest BCUT2D eigenvalue weighted by Gasteiger charge is 2.24. The molecule has 0 radical (unpaired) electrons. The first-order valence-corrected chi connectivity index (χ1v) is 39.3. The van der Waals surface area contributed by atoms with Crippen molar-refractivity contribution < 1.29 is 0 Å². The van der Waals surface area contributed by atoms with Gasteiger partial charge in [0.1, 0.15) is 0 Å². The molecule has 0 saturated heterocycles. The van der Waals surface area contributed by atoms with E-state index in [2.05, 4.69) is 407 Å². The summed E-state index contributed by atoms with van der Waals surface area (Å²) in [6, 6.07) is 143. The minimum Gasteiger partial charge on any atom is -0.309 e. The number of thiophene rings is 2. The van der Waals surface area contributed by atoms with Crippen LogP contribution in [0, 0.1) is 0 Å². The van der Waals surface area contributed by atoms with Gasteiger partial charge in [-0.3, -0.25) is 0 Å². The Morgan fingerprint density at radius 1 is 0.155 bits per heavy atom. The molecule has 0 aliphatic rings. The SMILES string of the molecule is c1ccc(-c2ccc(-n3c4ccccc4c4cc(-c5ccc6c(c5)c5c7c(ccc5n6-c5cccc6ccccc56)sc5ccccc57)ccc43)cc2)cc1.c1ccc(-c2ccc(-n3c4ccccc4c4cc(-c5ccc6c(c5)c5cc7sc8ccccc8c7cc5n6-c5cccc6ccccc56)ccc43)cc2)cc1. The number of nitrogens with zero attached hydrogens (tertiary/aromatic N) is 4. The molecule has 0 amide bonds. The monoisotopic (exact) mass is 1430 g/mol. The zero-order chi connectivity index (χ0) is 72.1. The van der Waals surface area contributed by atoms with Gasteiger partial charge >= 0.3 is 0 Å². The topological polar surface area (TPSA) is 19.7 Å². The van der Waals surface area contributed by atoms with Crippen LogP contribution in [0.25, 0.3) is 216 Å². The van der Waals surface area contributed by atoms with Crippen molar-refractivity contribution in [2.24, 2.45) is 0 Å². The average molecular weight is 1430 g/mol. The van der Waals surface area contributed by atoms with Crippen LogP contribution in [0.4, 0.5) is 0 Å². The minimum absolute atomic E-state index is 1.16. The first-order chi connectivity index (χ1) is 54.5. The van der Waals surface area contributed by atoms with Gasteiger partial charge in [-0.1, -0.05) is 255 Å². The Morgan fingerprint density at radius 3 is 1.05 bits per heavy atom. The van der Waals surface area contributed by atoms with E-state index in [1.54, 1.807) is 0 Å². The summed E-state index contributed by atoms with van der Waals surface area (Å²) >= 11 is 3.77. The molecule has 512 valence electrons. The number of para-hydroxylation sites is 2. The van der Waals surface area contributed by atoms with Crippen LogP contribution < -0.4 is 0 Å². The van der Waals surface area contributed by atoms with Crippen molar-refractivity contribution in [1.82, 2.24) is 18.3 Å². The Morgan fingerprint density at radius 2 is 0.509 bits per heavy atom. The third-order valence-corrected chi connectivity index (χ3v) is 25.3. The maximum absolute atomic E-state index is 2.49. The smallest absolute Gasteiger partial charge is 0.0548 e. The lowest BCUT2D eigenvalue weighted by Crippen LogP contribution is -1.95. The lowest BCUT2D eigenvalue weighted by molar-refractivity contribution is 1.18. The van der Waals surface area contributed by atoms with E-state index in [0.29, 0.717) is 0 Å². The molecule has 24 rings (SSSR count). The van der Waals surface area contributed by atoms with E-state index in [1.807, 2.05) is 22.7 Å². The van der Waals surface area contributed by atoms with Gasteiger partial charge in [-0.05, 0) is 189 Å². The highest BCUT2D eigenvalue weighted by Crippen LogP contribution is 2.48. The molecule has 0 unspecified atom stereocenters. The third-order valence-electron chi connectivity index (χ3n) is 23.0. The van der Waals surface area contributed by atoms with E-state index in [0.717, 1.165) is 11.4 Å². The van der Waals surface area contributed by atoms with Gasteiger partial charge in [0.05, 0.1) is 55.5 Å². The van der Waals surface area contributed by atoms with Crippen molar-refractivity contribution >= 4 is 172 Å². The Bertz CT molecular complexity index is 7790. The van der Waals surface area contributed by atoms with Crippen molar-refractivity contribution in [3.63, 3.8) is 0 Å². The van der Waals surface area contributed by atoms with Gasteiger partial charge in [0.15, 0.2) is 0 Å². The molecule has 24 aromatic rings. The van der Waals surface area contributed by atoms with Gasteiger partial charge in [-0.2, -0.15) is 0 Å². The standard InChI is InChI=1S/2C52H32N2S/c1-2-11-33(12-3-1)34-21-25-38(26-22-34)53-47-18-8-6-16-40(47)42-29-36(23-27-48(42)53)37-24-28-49-43(30-37)44-32-52-45(41-17-7-9-20-51(41)55-52)31-50(44)54(49)46-19-10-14-35-13-4-5-15-39(35)46;1-2-11-33(12-3-1)34-21-25-38(26-22-34)53-45-18-8-6-16-40(45)42-31-36(23-27-46(42)53)37-24-28-47-43(32-37)51-48(29-30-50-52(51)41-17-7-9-20-49(41)55-50)54(47)44-19-10-14-35-13-4-5-15-39(35)44/h2*1-32H. The summed E-state index contributed by atoms with van der Waals surface area (Å²) in [4.78, 5) is 0. The van der Waals surface area contributed by atoms with Crippen molar-refractivity contribution in [1.29, 1.82) is 0 Å². The van der Waals surface area contributed by atoms with Crippen LogP contribution in [-0.2, 0) is 0 Å². The molecule has 110 heavy (non-hydrogen) atoms. The van der Waals surface area contributed by atoms with E-state index < -0.39 is 0 Å². The van der Waals surface area contributed by atoms with Crippen molar-refractivity contribution in [3.8, 4) is 67.3 Å². The summed E-state index contributed by atoms with van der Waals surface area (Å²) in [5, 5.41) is 20.4. The zero-order valence-corrected chi connectivity index (χ0v) is 61.2. The molecule has 0 bridgehead atoms. The fraction of sp³-hybridized carbons (Fsp3) is 0. The van der Waals surface area contributed by atoms with Gasteiger partial charge in [0.2, 0.25) is 0 Å². The quantitative estimate of drug-likeness (QED) is 0.144. The molecular weight excluding hydrogens is 1370 g/mol. The molecule has 4 nitrogen and oxygen atoms in total. The largest absolute Gasteiger partial charge is 0.309 e. The molecule has 0 aliphatic carbocycles. The van der Waals surface area contributed by atoms with E-state index in [4.69, 9.17) is 0 Å². The van der Waals surface area contributed by atoms with Crippen LogP contribution in [0.15, 0.2) is 388 Å². The Labute approximate surface area is 640 Å². The fourth-order valence-electron chi connectivity index (χ4n) is 18.0. The molecule has 0 fully saturated rings. The second kappa shape index (κ2) is 24.9. The molecule has 6 heterocycles. The van der Waals surface area contributed by atoms with Gasteiger partial charge in [-0.25, -0.2) is 0 Å². The molecule has 0 N–H and O–H groups in total. The molecular formula is C104H64N4S2. The van der Waals surface area contributed by atoms with Crippen LogP contribution >= 0.6 is 22.7 Å². The molecule has 6 aromatic heterocycles. The van der Waals surface area contributed by atoms with Crippen LogP contribution in [-0.4, -0.2) is 18.3 Å². The molecule has 0 saturated carbocycles. The highest BCUT2D eigenvalue weighted by molar-refractivity contribution is 7.26. The number of fused-ring (bicyclic) bond motifs is 21. The van der Waals surface area contributed by atoms with Crippen LogP contribution in [0.3, 0.4) is 0 Å². The maximum Gasteiger partial charge on any atom is 0.0548 e. The lowest BCUT2D eigenvalue weighted by atomic mass is 9.99. The summed E-state index contributed by atoms with van der Waals surface area (Å²) in [7, 11) is 0. The normalized spacial score (nSPS) is 12.0. The molecule has 18 aromatic carbocycles.